The predicted molar refractivity (Wildman–Crippen MR) is 108 cm³/mol. The second-order valence-electron chi connectivity index (χ2n) is 6.57. The number of aromatic amines is 1. The molecule has 4 rings (SSSR count). The van der Waals surface area contributed by atoms with Crippen molar-refractivity contribution in [3.63, 3.8) is 0 Å². The van der Waals surface area contributed by atoms with E-state index in [-0.39, 0.29) is 16.7 Å². The van der Waals surface area contributed by atoms with Crippen LogP contribution in [0.25, 0.3) is 11.0 Å². The molecule has 9 nitrogen and oxygen atoms in total. The Morgan fingerprint density at radius 3 is 2.48 bits per heavy atom. The van der Waals surface area contributed by atoms with Crippen LogP contribution in [0.3, 0.4) is 0 Å². The molecule has 0 bridgehead atoms. The molecule has 2 N–H and O–H groups in total. The maximum absolute atomic E-state index is 12.8. The van der Waals surface area contributed by atoms with E-state index in [1.165, 1.54) is 18.5 Å². The second-order valence-corrected chi connectivity index (χ2v) is 9.37. The third kappa shape index (κ3) is 3.76. The summed E-state index contributed by atoms with van der Waals surface area (Å²) in [6.45, 7) is 1.61. The van der Waals surface area contributed by atoms with Crippen LogP contribution in [0.4, 0.5) is 0 Å². The van der Waals surface area contributed by atoms with E-state index < -0.39 is 10.0 Å². The molecule has 0 spiro atoms. The van der Waals surface area contributed by atoms with Gasteiger partial charge in [-0.25, -0.2) is 18.1 Å². The summed E-state index contributed by atoms with van der Waals surface area (Å²) in [7, 11) is -2.25. The van der Waals surface area contributed by atoms with Gasteiger partial charge in [0.15, 0.2) is 0 Å². The number of H-pyrrole nitrogens is 1. The van der Waals surface area contributed by atoms with E-state index >= 15 is 0 Å². The molecule has 0 atom stereocenters. The van der Waals surface area contributed by atoms with Gasteiger partial charge in [-0.2, -0.15) is 0 Å². The molecular weight excluding hydrogens is 414 g/mol. The lowest BCUT2D eigenvalue weighted by molar-refractivity contribution is 0.0538. The Bertz CT molecular complexity index is 1180. The highest BCUT2D eigenvalue weighted by Gasteiger charge is 2.27. The van der Waals surface area contributed by atoms with Gasteiger partial charge in [-0.1, -0.05) is 0 Å². The minimum absolute atomic E-state index is 0.0800. The average molecular weight is 434 g/mol. The first-order valence-corrected chi connectivity index (χ1v) is 11.3. The molecular formula is C18H19N5O4S2. The zero-order chi connectivity index (χ0) is 20.6. The molecule has 29 heavy (non-hydrogen) atoms. The number of thiophene rings is 1. The summed E-state index contributed by atoms with van der Waals surface area (Å²) in [5.41, 5.74) is 2.17. The summed E-state index contributed by atoms with van der Waals surface area (Å²) in [6.07, 6.45) is 1.58. The van der Waals surface area contributed by atoms with Crippen LogP contribution in [0.2, 0.25) is 0 Å². The van der Waals surface area contributed by atoms with Crippen molar-refractivity contribution in [1.29, 1.82) is 0 Å². The van der Waals surface area contributed by atoms with Crippen LogP contribution in [-0.2, 0) is 10.0 Å². The standard InChI is InChI=1S/C18H19N5O4S2/c1-19-29(26,27)13-9-16(28-10-13)18(25)23-6-4-22(5-7-23)17(24)12-2-3-14-15(8-12)21-11-20-14/h2-3,8-11,19H,4-7H2,1H3,(H,20,21). The molecule has 0 aliphatic carbocycles. The van der Waals surface area contributed by atoms with Gasteiger partial charge >= 0.3 is 0 Å². The summed E-state index contributed by atoms with van der Waals surface area (Å²) >= 11 is 1.10. The lowest BCUT2D eigenvalue weighted by atomic mass is 10.1. The molecule has 3 aromatic rings. The number of sulfonamides is 1. The fourth-order valence-corrected chi connectivity index (χ4v) is 5.18. The van der Waals surface area contributed by atoms with Crippen LogP contribution in [-0.4, -0.2) is 73.2 Å². The van der Waals surface area contributed by atoms with E-state index in [0.29, 0.717) is 36.6 Å². The topological polar surface area (TPSA) is 115 Å². The molecule has 2 aromatic heterocycles. The Morgan fingerprint density at radius 1 is 1.10 bits per heavy atom. The van der Waals surface area contributed by atoms with Crippen LogP contribution in [0.15, 0.2) is 40.9 Å². The normalized spacial score (nSPS) is 15.1. The number of piperazine rings is 1. The number of hydrogen-bond acceptors (Lipinski definition) is 6. The second kappa shape index (κ2) is 7.58. The summed E-state index contributed by atoms with van der Waals surface area (Å²) in [5.74, 6) is -0.314. The van der Waals surface area contributed by atoms with Crippen LogP contribution in [0.1, 0.15) is 20.0 Å². The fraction of sp³-hybridized carbons (Fsp3) is 0.278. The molecule has 1 fully saturated rings. The Morgan fingerprint density at radius 2 is 1.79 bits per heavy atom. The van der Waals surface area contributed by atoms with Crippen molar-refractivity contribution in [2.45, 2.75) is 4.90 Å². The number of imidazole rings is 1. The minimum Gasteiger partial charge on any atom is -0.345 e. The average Bonchev–Trinajstić information content (AvgIpc) is 3.42. The largest absolute Gasteiger partial charge is 0.345 e. The molecule has 1 aliphatic rings. The Labute approximate surface area is 171 Å². The quantitative estimate of drug-likeness (QED) is 0.640. The van der Waals surface area contributed by atoms with Gasteiger partial charge in [0.1, 0.15) is 0 Å². The molecule has 2 amide bonds. The first kappa shape index (κ1) is 19.6. The first-order chi connectivity index (χ1) is 13.9. The number of carbonyl (C=O) groups excluding carboxylic acids is 2. The summed E-state index contributed by atoms with van der Waals surface area (Å²) < 4.78 is 25.9. The minimum atomic E-state index is -3.57. The van der Waals surface area contributed by atoms with E-state index in [4.69, 9.17) is 0 Å². The number of fused-ring (bicyclic) bond motifs is 1. The third-order valence-corrected chi connectivity index (χ3v) is 7.35. The maximum Gasteiger partial charge on any atom is 0.264 e. The molecule has 1 aliphatic heterocycles. The molecule has 152 valence electrons. The predicted octanol–water partition coefficient (Wildman–Crippen LogP) is 1.13. The molecule has 0 radical (unpaired) electrons. The lowest BCUT2D eigenvalue weighted by Gasteiger charge is -2.34. The zero-order valence-electron chi connectivity index (χ0n) is 15.6. The van der Waals surface area contributed by atoms with E-state index in [9.17, 15) is 18.0 Å². The summed E-state index contributed by atoms with van der Waals surface area (Å²) in [6, 6.07) is 6.71. The van der Waals surface area contributed by atoms with Crippen molar-refractivity contribution in [2.24, 2.45) is 0 Å². The number of nitrogens with one attached hydrogen (secondary N) is 2. The van der Waals surface area contributed by atoms with Gasteiger partial charge in [-0.15, -0.1) is 11.3 Å². The van der Waals surface area contributed by atoms with Gasteiger partial charge in [0.2, 0.25) is 10.0 Å². The van der Waals surface area contributed by atoms with Crippen molar-refractivity contribution in [1.82, 2.24) is 24.5 Å². The number of aromatic nitrogens is 2. The Hall–Kier alpha value is -2.76. The fourth-order valence-electron chi connectivity index (χ4n) is 3.21. The molecule has 1 aromatic carbocycles. The highest BCUT2D eigenvalue weighted by molar-refractivity contribution is 7.89. The summed E-state index contributed by atoms with van der Waals surface area (Å²) in [5, 5.41) is 1.45. The van der Waals surface area contributed by atoms with Crippen molar-refractivity contribution in [2.75, 3.05) is 33.2 Å². The van der Waals surface area contributed by atoms with E-state index in [2.05, 4.69) is 14.7 Å². The number of nitrogens with zero attached hydrogens (tertiary/aromatic N) is 3. The van der Waals surface area contributed by atoms with Crippen LogP contribution >= 0.6 is 11.3 Å². The lowest BCUT2D eigenvalue weighted by Crippen LogP contribution is -2.50. The Balaban J connectivity index is 1.41. The highest BCUT2D eigenvalue weighted by Crippen LogP contribution is 2.22. The number of benzene rings is 1. The van der Waals surface area contributed by atoms with Gasteiger partial charge in [-0.3, -0.25) is 9.59 Å². The number of hydrogen-bond donors (Lipinski definition) is 2. The van der Waals surface area contributed by atoms with Crippen molar-refractivity contribution in [3.05, 3.63) is 46.4 Å². The number of amides is 2. The molecule has 3 heterocycles. The van der Waals surface area contributed by atoms with E-state index in [0.717, 1.165) is 22.4 Å². The molecule has 0 unspecified atom stereocenters. The van der Waals surface area contributed by atoms with Gasteiger partial charge < -0.3 is 14.8 Å². The van der Waals surface area contributed by atoms with Gasteiger partial charge in [0.05, 0.1) is 27.1 Å². The smallest absolute Gasteiger partial charge is 0.264 e. The van der Waals surface area contributed by atoms with Gasteiger partial charge in [-0.05, 0) is 31.3 Å². The van der Waals surface area contributed by atoms with Crippen molar-refractivity contribution < 1.29 is 18.0 Å². The van der Waals surface area contributed by atoms with E-state index in [1.807, 2.05) is 0 Å². The Kier molecular flexibility index (Phi) is 5.11. The monoisotopic (exact) mass is 433 g/mol. The molecule has 0 saturated carbocycles. The van der Waals surface area contributed by atoms with Crippen LogP contribution in [0.5, 0.6) is 0 Å². The maximum atomic E-state index is 12.8. The van der Waals surface area contributed by atoms with Crippen molar-refractivity contribution in [3.8, 4) is 0 Å². The van der Waals surface area contributed by atoms with Gasteiger partial charge in [0.25, 0.3) is 11.8 Å². The van der Waals surface area contributed by atoms with Crippen LogP contribution in [0, 0.1) is 0 Å². The summed E-state index contributed by atoms with van der Waals surface area (Å²) in [4.78, 5) is 36.4. The van der Waals surface area contributed by atoms with E-state index in [1.54, 1.807) is 34.3 Å². The number of carbonyl (C=O) groups is 2. The van der Waals surface area contributed by atoms with Crippen molar-refractivity contribution >= 4 is 44.2 Å². The molecule has 11 heteroatoms. The third-order valence-electron chi connectivity index (χ3n) is 4.89. The zero-order valence-corrected chi connectivity index (χ0v) is 17.2. The van der Waals surface area contributed by atoms with Gasteiger partial charge in [0, 0.05) is 37.1 Å². The SMILES string of the molecule is CNS(=O)(=O)c1csc(C(=O)N2CCN(C(=O)c3ccc4nc[nH]c4c3)CC2)c1. The molecule has 1 saturated heterocycles. The van der Waals surface area contributed by atoms with Crippen LogP contribution < -0.4 is 4.72 Å². The first-order valence-electron chi connectivity index (χ1n) is 8.93. The number of rotatable bonds is 4. The highest BCUT2D eigenvalue weighted by atomic mass is 32.2.